The summed E-state index contributed by atoms with van der Waals surface area (Å²) < 4.78 is 5.59. The van der Waals surface area contributed by atoms with Crippen molar-refractivity contribution in [2.24, 2.45) is 0 Å². The van der Waals surface area contributed by atoms with E-state index in [0.717, 1.165) is 23.3 Å². The molecule has 0 aromatic heterocycles. The molecule has 1 aromatic rings. The minimum absolute atomic E-state index is 0.0325. The number of aryl methyl sites for hydroxylation is 2. The smallest absolute Gasteiger partial charge is 0.303 e. The SMILES string of the molecule is CCCOc1cc(C)c(C(=O)CCC(=O)O)cc1C. The molecule has 19 heavy (non-hydrogen) atoms. The quantitative estimate of drug-likeness (QED) is 0.768. The van der Waals surface area contributed by atoms with Gasteiger partial charge in [0.25, 0.3) is 0 Å². The van der Waals surface area contributed by atoms with E-state index in [1.807, 2.05) is 26.8 Å². The number of hydrogen-bond acceptors (Lipinski definition) is 3. The van der Waals surface area contributed by atoms with E-state index in [2.05, 4.69) is 0 Å². The van der Waals surface area contributed by atoms with E-state index in [-0.39, 0.29) is 18.6 Å². The third-order valence-electron chi connectivity index (χ3n) is 2.85. The van der Waals surface area contributed by atoms with Crippen molar-refractivity contribution in [3.05, 3.63) is 28.8 Å². The standard InChI is InChI=1S/C15H20O4/c1-4-7-19-14-9-10(2)12(8-11(14)3)13(16)5-6-15(17)18/h8-9H,4-7H2,1-3H3,(H,17,18). The minimum atomic E-state index is -0.953. The molecule has 0 amide bonds. The van der Waals surface area contributed by atoms with Crippen molar-refractivity contribution in [2.45, 2.75) is 40.0 Å². The van der Waals surface area contributed by atoms with Gasteiger partial charge in [0.1, 0.15) is 5.75 Å². The van der Waals surface area contributed by atoms with Crippen LogP contribution in [0.15, 0.2) is 12.1 Å². The van der Waals surface area contributed by atoms with Crippen LogP contribution in [0.25, 0.3) is 0 Å². The number of ether oxygens (including phenoxy) is 1. The normalized spacial score (nSPS) is 10.3. The van der Waals surface area contributed by atoms with Gasteiger partial charge in [0, 0.05) is 12.0 Å². The Morgan fingerprint density at radius 3 is 2.42 bits per heavy atom. The molecule has 1 N–H and O–H groups in total. The predicted octanol–water partition coefficient (Wildman–Crippen LogP) is 3.14. The van der Waals surface area contributed by atoms with Gasteiger partial charge in [-0.3, -0.25) is 9.59 Å². The van der Waals surface area contributed by atoms with E-state index in [1.54, 1.807) is 6.07 Å². The summed E-state index contributed by atoms with van der Waals surface area (Å²) in [6.07, 6.45) is 0.827. The van der Waals surface area contributed by atoms with Crippen molar-refractivity contribution in [1.82, 2.24) is 0 Å². The van der Waals surface area contributed by atoms with Gasteiger partial charge in [-0.15, -0.1) is 0 Å². The van der Waals surface area contributed by atoms with Crippen LogP contribution in [-0.4, -0.2) is 23.5 Å². The van der Waals surface area contributed by atoms with E-state index in [0.29, 0.717) is 12.2 Å². The Bertz CT molecular complexity index is 477. The Hall–Kier alpha value is -1.84. The molecule has 0 unspecified atom stereocenters. The number of carboxylic acids is 1. The van der Waals surface area contributed by atoms with Gasteiger partial charge >= 0.3 is 5.97 Å². The zero-order chi connectivity index (χ0) is 14.4. The van der Waals surface area contributed by atoms with Crippen LogP contribution in [0.1, 0.15) is 47.7 Å². The minimum Gasteiger partial charge on any atom is -0.493 e. The Labute approximate surface area is 113 Å². The molecule has 0 fully saturated rings. The molecule has 104 valence electrons. The van der Waals surface area contributed by atoms with Crippen molar-refractivity contribution >= 4 is 11.8 Å². The Kier molecular flexibility index (Phi) is 5.55. The fourth-order valence-corrected chi connectivity index (χ4v) is 1.81. The molecule has 0 aliphatic heterocycles. The van der Waals surface area contributed by atoms with Crippen LogP contribution in [0.4, 0.5) is 0 Å². The second kappa shape index (κ2) is 6.92. The van der Waals surface area contributed by atoms with Crippen LogP contribution in [0.5, 0.6) is 5.75 Å². The molecule has 1 aromatic carbocycles. The van der Waals surface area contributed by atoms with Gasteiger partial charge < -0.3 is 9.84 Å². The maximum absolute atomic E-state index is 11.9. The van der Waals surface area contributed by atoms with Crippen LogP contribution in [0.3, 0.4) is 0 Å². The molecule has 0 atom stereocenters. The first-order valence-electron chi connectivity index (χ1n) is 6.44. The molecular weight excluding hydrogens is 244 g/mol. The molecule has 0 saturated heterocycles. The van der Waals surface area contributed by atoms with Crippen molar-refractivity contribution in [2.75, 3.05) is 6.61 Å². The number of Topliss-reactive ketones (excluding diaryl/α,β-unsaturated/α-hetero) is 1. The molecule has 0 aliphatic rings. The van der Waals surface area contributed by atoms with E-state index in [4.69, 9.17) is 9.84 Å². The van der Waals surface area contributed by atoms with Crippen LogP contribution >= 0.6 is 0 Å². The lowest BCUT2D eigenvalue weighted by Gasteiger charge is -2.12. The second-order valence-electron chi connectivity index (χ2n) is 4.60. The van der Waals surface area contributed by atoms with Crippen LogP contribution < -0.4 is 4.74 Å². The Morgan fingerprint density at radius 2 is 1.84 bits per heavy atom. The maximum atomic E-state index is 11.9. The zero-order valence-electron chi connectivity index (χ0n) is 11.7. The monoisotopic (exact) mass is 264 g/mol. The summed E-state index contributed by atoms with van der Waals surface area (Å²) in [6, 6.07) is 3.63. The van der Waals surface area contributed by atoms with E-state index in [9.17, 15) is 9.59 Å². The van der Waals surface area contributed by atoms with Crippen molar-refractivity contribution in [1.29, 1.82) is 0 Å². The van der Waals surface area contributed by atoms with Gasteiger partial charge in [-0.25, -0.2) is 0 Å². The highest BCUT2D eigenvalue weighted by atomic mass is 16.5. The number of carbonyl (C=O) groups is 2. The molecule has 1 rings (SSSR count). The number of hydrogen-bond donors (Lipinski definition) is 1. The number of aliphatic carboxylic acids is 1. The summed E-state index contributed by atoms with van der Waals surface area (Å²) in [4.78, 5) is 22.4. The highest BCUT2D eigenvalue weighted by Crippen LogP contribution is 2.24. The van der Waals surface area contributed by atoms with Crippen molar-refractivity contribution in [3.63, 3.8) is 0 Å². The average molecular weight is 264 g/mol. The van der Waals surface area contributed by atoms with Crippen molar-refractivity contribution in [3.8, 4) is 5.75 Å². The first-order chi connectivity index (χ1) is 8.95. The molecule has 0 aliphatic carbocycles. The Balaban J connectivity index is 2.88. The maximum Gasteiger partial charge on any atom is 0.303 e. The number of ketones is 1. The summed E-state index contributed by atoms with van der Waals surface area (Å²) in [6.45, 7) is 6.41. The molecule has 4 heteroatoms. The predicted molar refractivity (Wildman–Crippen MR) is 72.9 cm³/mol. The molecule has 0 bridgehead atoms. The number of carboxylic acid groups (broad SMARTS) is 1. The molecule has 0 spiro atoms. The lowest BCUT2D eigenvalue weighted by atomic mass is 9.98. The summed E-state index contributed by atoms with van der Waals surface area (Å²) in [5.74, 6) is -0.301. The first-order valence-corrected chi connectivity index (χ1v) is 6.44. The van der Waals surface area contributed by atoms with Gasteiger partial charge in [0.15, 0.2) is 5.78 Å². The van der Waals surface area contributed by atoms with E-state index >= 15 is 0 Å². The van der Waals surface area contributed by atoms with Crippen LogP contribution in [-0.2, 0) is 4.79 Å². The van der Waals surface area contributed by atoms with Gasteiger partial charge in [-0.1, -0.05) is 6.92 Å². The van der Waals surface area contributed by atoms with E-state index in [1.165, 1.54) is 0 Å². The lowest BCUT2D eigenvalue weighted by Crippen LogP contribution is -2.07. The van der Waals surface area contributed by atoms with E-state index < -0.39 is 5.97 Å². The Morgan fingerprint density at radius 1 is 1.16 bits per heavy atom. The molecule has 0 saturated carbocycles. The van der Waals surface area contributed by atoms with Gasteiger partial charge in [-0.05, 0) is 43.5 Å². The highest BCUT2D eigenvalue weighted by Gasteiger charge is 2.13. The second-order valence-corrected chi connectivity index (χ2v) is 4.60. The average Bonchev–Trinajstić information content (AvgIpc) is 2.36. The third-order valence-corrected chi connectivity index (χ3v) is 2.85. The molecule has 0 heterocycles. The number of benzene rings is 1. The lowest BCUT2D eigenvalue weighted by molar-refractivity contribution is -0.136. The third kappa shape index (κ3) is 4.39. The molecule has 0 radical (unpaired) electrons. The van der Waals surface area contributed by atoms with Gasteiger partial charge in [0.2, 0.25) is 0 Å². The summed E-state index contributed by atoms with van der Waals surface area (Å²) >= 11 is 0. The van der Waals surface area contributed by atoms with Crippen LogP contribution in [0, 0.1) is 13.8 Å². The molecule has 4 nitrogen and oxygen atoms in total. The van der Waals surface area contributed by atoms with Gasteiger partial charge in [-0.2, -0.15) is 0 Å². The van der Waals surface area contributed by atoms with Crippen molar-refractivity contribution < 1.29 is 19.4 Å². The summed E-state index contributed by atoms with van der Waals surface area (Å²) in [7, 11) is 0. The fourth-order valence-electron chi connectivity index (χ4n) is 1.81. The number of carbonyl (C=O) groups excluding carboxylic acids is 1. The molecular formula is C15H20O4. The summed E-state index contributed by atoms with van der Waals surface area (Å²) in [5.41, 5.74) is 2.31. The van der Waals surface area contributed by atoms with Crippen LogP contribution in [0.2, 0.25) is 0 Å². The largest absolute Gasteiger partial charge is 0.493 e. The van der Waals surface area contributed by atoms with Gasteiger partial charge in [0.05, 0.1) is 13.0 Å². The zero-order valence-corrected chi connectivity index (χ0v) is 11.7. The number of rotatable bonds is 7. The first kappa shape index (κ1) is 15.2. The fraction of sp³-hybridized carbons (Fsp3) is 0.467. The highest BCUT2D eigenvalue weighted by molar-refractivity contribution is 5.99. The topological polar surface area (TPSA) is 63.6 Å². The summed E-state index contributed by atoms with van der Waals surface area (Å²) in [5, 5.41) is 8.60.